The summed E-state index contributed by atoms with van der Waals surface area (Å²) in [6, 6.07) is 8.51. The van der Waals surface area contributed by atoms with E-state index in [1.165, 1.54) is 18.5 Å². The third-order valence-corrected chi connectivity index (χ3v) is 5.82. The Kier molecular flexibility index (Phi) is 6.40. The Hall–Kier alpha value is -2.94. The summed E-state index contributed by atoms with van der Waals surface area (Å²) in [6.07, 6.45) is 4.15. The van der Waals surface area contributed by atoms with Crippen LogP contribution >= 0.6 is 0 Å². The smallest absolute Gasteiger partial charge is 0.356 e. The number of hydrogen-bond donors (Lipinski definition) is 1. The van der Waals surface area contributed by atoms with Crippen molar-refractivity contribution >= 4 is 27.4 Å². The number of anilines is 1. The van der Waals surface area contributed by atoms with E-state index in [9.17, 15) is 18.0 Å². The van der Waals surface area contributed by atoms with Gasteiger partial charge in [-0.2, -0.15) is 0 Å². The fourth-order valence-corrected chi connectivity index (χ4v) is 4.41. The van der Waals surface area contributed by atoms with Gasteiger partial charge in [0, 0.05) is 24.7 Å². The number of amides is 1. The molecule has 1 aliphatic rings. The van der Waals surface area contributed by atoms with E-state index < -0.39 is 15.8 Å². The Morgan fingerprint density at radius 3 is 2.57 bits per heavy atom. The molecule has 1 aliphatic heterocycles. The van der Waals surface area contributed by atoms with E-state index in [2.05, 4.69) is 4.98 Å². The predicted molar refractivity (Wildman–Crippen MR) is 113 cm³/mol. The highest BCUT2D eigenvalue weighted by Crippen LogP contribution is 2.34. The molecule has 1 atom stereocenters. The van der Waals surface area contributed by atoms with Crippen LogP contribution in [0.5, 0.6) is 0 Å². The third-order valence-electron chi connectivity index (χ3n) is 4.96. The van der Waals surface area contributed by atoms with E-state index in [1.54, 1.807) is 24.0 Å². The summed E-state index contributed by atoms with van der Waals surface area (Å²) in [5.74, 6) is -0.857. The molecule has 2 aromatic rings. The first kappa shape index (κ1) is 21.8. The van der Waals surface area contributed by atoms with Crippen molar-refractivity contribution in [2.75, 3.05) is 25.1 Å². The SMILES string of the molecule is CCOC(=O)c1cc(N)c(C(=O)N2CCC[C@@H]2c2ccc(CS(C)(=O)=O)cc2)cn1. The predicted octanol–water partition coefficient (Wildman–Crippen LogP) is 2.36. The molecule has 0 spiro atoms. The number of nitrogen functional groups attached to an aromatic ring is 1. The number of esters is 1. The number of sulfone groups is 1. The highest BCUT2D eigenvalue weighted by Gasteiger charge is 2.32. The number of carbonyl (C=O) groups excluding carboxylic acids is 2. The van der Waals surface area contributed by atoms with Crippen molar-refractivity contribution in [2.45, 2.75) is 31.6 Å². The van der Waals surface area contributed by atoms with Crippen LogP contribution in [0, 0.1) is 0 Å². The molecule has 0 unspecified atom stereocenters. The van der Waals surface area contributed by atoms with E-state index in [0.717, 1.165) is 18.4 Å². The van der Waals surface area contributed by atoms with Crippen LogP contribution in [0.25, 0.3) is 0 Å². The first-order valence-corrected chi connectivity index (χ1v) is 11.8. The molecular weight excluding hydrogens is 406 g/mol. The van der Waals surface area contributed by atoms with Crippen molar-refractivity contribution in [3.05, 3.63) is 58.9 Å². The minimum atomic E-state index is -3.11. The number of rotatable bonds is 6. The molecule has 160 valence electrons. The fourth-order valence-electron chi connectivity index (χ4n) is 3.62. The van der Waals surface area contributed by atoms with Crippen molar-refractivity contribution in [2.24, 2.45) is 0 Å². The van der Waals surface area contributed by atoms with Crippen molar-refractivity contribution in [1.29, 1.82) is 0 Å². The molecule has 0 aliphatic carbocycles. The lowest BCUT2D eigenvalue weighted by Gasteiger charge is -2.26. The highest BCUT2D eigenvalue weighted by atomic mass is 32.2. The van der Waals surface area contributed by atoms with Gasteiger partial charge in [0.05, 0.1) is 24.0 Å². The number of ether oxygens (including phenoxy) is 1. The number of carbonyl (C=O) groups is 2. The van der Waals surface area contributed by atoms with Gasteiger partial charge >= 0.3 is 5.97 Å². The number of nitrogens with zero attached hydrogens (tertiary/aromatic N) is 2. The summed E-state index contributed by atoms with van der Waals surface area (Å²) in [7, 11) is -3.11. The number of nitrogens with two attached hydrogens (primary N) is 1. The molecule has 1 aromatic heterocycles. The van der Waals surface area contributed by atoms with Crippen LogP contribution in [0.2, 0.25) is 0 Å². The van der Waals surface area contributed by atoms with Crippen LogP contribution < -0.4 is 5.73 Å². The van der Waals surface area contributed by atoms with Gasteiger partial charge in [-0.05, 0) is 37.0 Å². The van der Waals surface area contributed by atoms with E-state index in [1.807, 2.05) is 12.1 Å². The second-order valence-corrected chi connectivity index (χ2v) is 9.49. The zero-order valence-electron chi connectivity index (χ0n) is 17.0. The monoisotopic (exact) mass is 431 g/mol. The van der Waals surface area contributed by atoms with Crippen LogP contribution in [0.4, 0.5) is 5.69 Å². The number of likely N-dealkylation sites (tertiary alicyclic amines) is 1. The number of hydrogen-bond acceptors (Lipinski definition) is 7. The Balaban J connectivity index is 1.80. The number of benzene rings is 1. The second kappa shape index (κ2) is 8.83. The maximum Gasteiger partial charge on any atom is 0.356 e. The Bertz CT molecular complexity index is 1050. The summed E-state index contributed by atoms with van der Waals surface area (Å²) in [5, 5.41) is 0. The number of aromatic nitrogens is 1. The fraction of sp³-hybridized carbons (Fsp3) is 0.381. The molecule has 8 nitrogen and oxygen atoms in total. The lowest BCUT2D eigenvalue weighted by molar-refractivity contribution is 0.0518. The van der Waals surface area contributed by atoms with E-state index in [0.29, 0.717) is 12.1 Å². The summed E-state index contributed by atoms with van der Waals surface area (Å²) < 4.78 is 27.9. The maximum absolute atomic E-state index is 13.1. The molecule has 30 heavy (non-hydrogen) atoms. The molecule has 0 bridgehead atoms. The second-order valence-electron chi connectivity index (χ2n) is 7.35. The quantitative estimate of drug-likeness (QED) is 0.697. The van der Waals surface area contributed by atoms with Gasteiger partial charge in [0.1, 0.15) is 5.69 Å². The van der Waals surface area contributed by atoms with Crippen LogP contribution in [0.3, 0.4) is 0 Å². The zero-order chi connectivity index (χ0) is 21.9. The Morgan fingerprint density at radius 2 is 1.97 bits per heavy atom. The maximum atomic E-state index is 13.1. The highest BCUT2D eigenvalue weighted by molar-refractivity contribution is 7.89. The normalized spacial score (nSPS) is 16.5. The van der Waals surface area contributed by atoms with E-state index in [-0.39, 0.29) is 41.3 Å². The average Bonchev–Trinajstić information content (AvgIpc) is 3.17. The van der Waals surface area contributed by atoms with Crippen molar-refractivity contribution < 1.29 is 22.7 Å². The molecule has 1 aromatic carbocycles. The van der Waals surface area contributed by atoms with Crippen molar-refractivity contribution in [3.8, 4) is 0 Å². The topological polar surface area (TPSA) is 120 Å². The third kappa shape index (κ3) is 4.96. The van der Waals surface area contributed by atoms with Crippen LogP contribution in [0.15, 0.2) is 36.5 Å². The molecule has 2 heterocycles. The average molecular weight is 432 g/mol. The van der Waals surface area contributed by atoms with Gasteiger partial charge in [-0.25, -0.2) is 18.2 Å². The molecular formula is C21H25N3O5S. The van der Waals surface area contributed by atoms with Crippen LogP contribution in [-0.2, 0) is 20.3 Å². The van der Waals surface area contributed by atoms with E-state index in [4.69, 9.17) is 10.5 Å². The molecule has 1 saturated heterocycles. The first-order valence-electron chi connectivity index (χ1n) is 9.69. The van der Waals surface area contributed by atoms with Gasteiger partial charge in [0.2, 0.25) is 0 Å². The summed E-state index contributed by atoms with van der Waals surface area (Å²) >= 11 is 0. The van der Waals surface area contributed by atoms with Gasteiger partial charge < -0.3 is 15.4 Å². The minimum Gasteiger partial charge on any atom is -0.461 e. The summed E-state index contributed by atoms with van der Waals surface area (Å²) in [4.78, 5) is 30.7. The molecule has 1 fully saturated rings. The molecule has 0 saturated carbocycles. The minimum absolute atomic E-state index is 0.0182. The molecule has 9 heteroatoms. The van der Waals surface area contributed by atoms with E-state index >= 15 is 0 Å². The van der Waals surface area contributed by atoms with Crippen molar-refractivity contribution in [3.63, 3.8) is 0 Å². The first-order chi connectivity index (χ1) is 14.2. The summed E-state index contributed by atoms with van der Waals surface area (Å²) in [5.41, 5.74) is 8.15. The largest absolute Gasteiger partial charge is 0.461 e. The van der Waals surface area contributed by atoms with Gasteiger partial charge in [0.25, 0.3) is 5.91 Å². The lowest BCUT2D eigenvalue weighted by atomic mass is 10.0. The number of pyridine rings is 1. The van der Waals surface area contributed by atoms with Gasteiger partial charge in [-0.15, -0.1) is 0 Å². The van der Waals surface area contributed by atoms with Crippen LogP contribution in [-0.4, -0.2) is 49.6 Å². The van der Waals surface area contributed by atoms with Gasteiger partial charge in [-0.3, -0.25) is 4.79 Å². The standard InChI is InChI=1S/C21H25N3O5S/c1-3-29-21(26)18-11-17(22)16(12-23-18)20(25)24-10-4-5-19(24)15-8-6-14(7-9-15)13-30(2,27)28/h6-9,11-12,19H,3-5,10,13H2,1-2H3,(H2,22,23)/t19-/m1/s1. The molecule has 2 N–H and O–H groups in total. The molecule has 0 radical (unpaired) electrons. The van der Waals surface area contributed by atoms with Crippen LogP contribution in [0.1, 0.15) is 57.8 Å². The van der Waals surface area contributed by atoms with Gasteiger partial charge in [0.15, 0.2) is 9.84 Å². The molecule has 1 amide bonds. The Labute approximate surface area is 176 Å². The molecule has 3 rings (SSSR count). The van der Waals surface area contributed by atoms with Gasteiger partial charge in [-0.1, -0.05) is 24.3 Å². The Morgan fingerprint density at radius 1 is 1.27 bits per heavy atom. The lowest BCUT2D eigenvalue weighted by Crippen LogP contribution is -2.31. The van der Waals surface area contributed by atoms with Crippen molar-refractivity contribution in [1.82, 2.24) is 9.88 Å². The summed E-state index contributed by atoms with van der Waals surface area (Å²) in [6.45, 7) is 2.49. The zero-order valence-corrected chi connectivity index (χ0v) is 17.8.